The molecule has 0 radical (unpaired) electrons. The van der Waals surface area contributed by atoms with E-state index in [1.54, 1.807) is 4.90 Å². The van der Waals surface area contributed by atoms with E-state index in [0.29, 0.717) is 19.5 Å². The molecule has 1 aromatic carbocycles. The zero-order chi connectivity index (χ0) is 15.4. The summed E-state index contributed by atoms with van der Waals surface area (Å²) in [6.07, 6.45) is 2.50. The van der Waals surface area contributed by atoms with Gasteiger partial charge in [-0.1, -0.05) is 18.2 Å². The van der Waals surface area contributed by atoms with Crippen molar-refractivity contribution < 1.29 is 14.3 Å². The summed E-state index contributed by atoms with van der Waals surface area (Å²) >= 11 is 0. The van der Waals surface area contributed by atoms with Gasteiger partial charge in [-0.2, -0.15) is 0 Å². The van der Waals surface area contributed by atoms with Gasteiger partial charge in [0.05, 0.1) is 12.1 Å². The molecular weight excluding hydrogens is 282 g/mol. The molecule has 2 heterocycles. The number of urea groups is 1. The largest absolute Gasteiger partial charge is 0.376 e. The smallest absolute Gasteiger partial charge is 0.315 e. The lowest BCUT2D eigenvalue weighted by Crippen LogP contribution is -2.45. The Labute approximate surface area is 129 Å². The Bertz CT molecular complexity index is 529. The highest BCUT2D eigenvalue weighted by Crippen LogP contribution is 2.20. The molecule has 6 nitrogen and oxygen atoms in total. The van der Waals surface area contributed by atoms with E-state index in [1.807, 2.05) is 30.3 Å². The molecule has 0 saturated carbocycles. The van der Waals surface area contributed by atoms with Crippen molar-refractivity contribution in [2.24, 2.45) is 0 Å². The first kappa shape index (κ1) is 14.8. The quantitative estimate of drug-likeness (QED) is 0.880. The number of nitrogens with one attached hydrogen (secondary N) is 2. The number of rotatable bonds is 4. The molecule has 3 amide bonds. The van der Waals surface area contributed by atoms with Crippen LogP contribution >= 0.6 is 0 Å². The first-order valence-corrected chi connectivity index (χ1v) is 7.74. The van der Waals surface area contributed by atoms with Crippen LogP contribution in [0.2, 0.25) is 0 Å². The maximum absolute atomic E-state index is 12.1. The number of ether oxygens (including phenoxy) is 1. The van der Waals surface area contributed by atoms with Gasteiger partial charge in [-0.3, -0.25) is 4.79 Å². The van der Waals surface area contributed by atoms with E-state index in [1.165, 1.54) is 0 Å². The van der Waals surface area contributed by atoms with Crippen molar-refractivity contribution in [1.82, 2.24) is 10.6 Å². The summed E-state index contributed by atoms with van der Waals surface area (Å²) in [6.45, 7) is 1.81. The number of carbonyl (C=O) groups excluding carboxylic acids is 2. The highest BCUT2D eigenvalue weighted by atomic mass is 16.5. The van der Waals surface area contributed by atoms with Crippen LogP contribution in [-0.4, -0.2) is 43.8 Å². The highest BCUT2D eigenvalue weighted by Gasteiger charge is 2.31. The Kier molecular flexibility index (Phi) is 4.58. The molecular formula is C16H21N3O3. The fourth-order valence-electron chi connectivity index (χ4n) is 2.91. The van der Waals surface area contributed by atoms with E-state index in [0.717, 1.165) is 25.1 Å². The Morgan fingerprint density at radius 3 is 2.86 bits per heavy atom. The minimum Gasteiger partial charge on any atom is -0.376 e. The zero-order valence-corrected chi connectivity index (χ0v) is 12.5. The van der Waals surface area contributed by atoms with Crippen LogP contribution < -0.4 is 15.5 Å². The number of hydrogen-bond acceptors (Lipinski definition) is 3. The van der Waals surface area contributed by atoms with E-state index in [-0.39, 0.29) is 24.1 Å². The Morgan fingerprint density at radius 1 is 1.32 bits per heavy atom. The van der Waals surface area contributed by atoms with Crippen LogP contribution in [-0.2, 0) is 9.53 Å². The zero-order valence-electron chi connectivity index (χ0n) is 12.5. The maximum Gasteiger partial charge on any atom is 0.315 e. The van der Waals surface area contributed by atoms with E-state index in [9.17, 15) is 9.59 Å². The SMILES string of the molecule is O=C(NC[C@@H]1CCCO1)N[C@H]1CC(=O)N(c2ccccc2)C1. The lowest BCUT2D eigenvalue weighted by atomic mass is 10.2. The van der Waals surface area contributed by atoms with Crippen LogP contribution in [0, 0.1) is 0 Å². The third kappa shape index (κ3) is 3.57. The molecule has 0 aromatic heterocycles. The van der Waals surface area contributed by atoms with E-state index in [4.69, 9.17) is 4.74 Å². The summed E-state index contributed by atoms with van der Waals surface area (Å²) < 4.78 is 5.46. The fourth-order valence-corrected chi connectivity index (χ4v) is 2.91. The first-order valence-electron chi connectivity index (χ1n) is 7.74. The highest BCUT2D eigenvalue weighted by molar-refractivity contribution is 5.96. The topological polar surface area (TPSA) is 70.7 Å². The molecule has 2 saturated heterocycles. The fraction of sp³-hybridized carbons (Fsp3) is 0.500. The summed E-state index contributed by atoms with van der Waals surface area (Å²) in [4.78, 5) is 25.7. The predicted octanol–water partition coefficient (Wildman–Crippen LogP) is 1.27. The van der Waals surface area contributed by atoms with Gasteiger partial charge < -0.3 is 20.3 Å². The minimum absolute atomic E-state index is 0.0376. The molecule has 3 rings (SSSR count). The summed E-state index contributed by atoms with van der Waals surface area (Å²) in [7, 11) is 0. The molecule has 2 aliphatic heterocycles. The van der Waals surface area contributed by atoms with Crippen molar-refractivity contribution in [2.75, 3.05) is 24.6 Å². The van der Waals surface area contributed by atoms with Crippen molar-refractivity contribution >= 4 is 17.6 Å². The molecule has 2 aliphatic rings. The van der Waals surface area contributed by atoms with Crippen molar-refractivity contribution in [2.45, 2.75) is 31.4 Å². The normalized spacial score (nSPS) is 24.5. The van der Waals surface area contributed by atoms with E-state index in [2.05, 4.69) is 10.6 Å². The van der Waals surface area contributed by atoms with Crippen LogP contribution in [0.15, 0.2) is 30.3 Å². The van der Waals surface area contributed by atoms with Gasteiger partial charge in [0.1, 0.15) is 0 Å². The summed E-state index contributed by atoms with van der Waals surface area (Å²) in [5.41, 5.74) is 0.872. The molecule has 2 atom stereocenters. The molecule has 2 fully saturated rings. The summed E-state index contributed by atoms with van der Waals surface area (Å²) in [5.74, 6) is 0.0376. The number of benzene rings is 1. The number of carbonyl (C=O) groups is 2. The molecule has 0 aliphatic carbocycles. The van der Waals surface area contributed by atoms with Gasteiger partial charge in [0.25, 0.3) is 0 Å². The number of amides is 3. The van der Waals surface area contributed by atoms with Gasteiger partial charge in [0, 0.05) is 31.8 Å². The van der Waals surface area contributed by atoms with E-state index < -0.39 is 0 Å². The van der Waals surface area contributed by atoms with Crippen LogP contribution in [0.5, 0.6) is 0 Å². The third-order valence-electron chi connectivity index (χ3n) is 4.04. The van der Waals surface area contributed by atoms with Crippen molar-refractivity contribution in [3.8, 4) is 0 Å². The van der Waals surface area contributed by atoms with Gasteiger partial charge in [-0.15, -0.1) is 0 Å². The predicted molar refractivity (Wildman–Crippen MR) is 82.7 cm³/mol. The summed E-state index contributed by atoms with van der Waals surface area (Å²) in [6, 6.07) is 9.13. The second-order valence-corrected chi connectivity index (χ2v) is 5.73. The standard InChI is InChI=1S/C16H21N3O3/c20-15-9-12(11-19(15)13-5-2-1-3-6-13)18-16(21)17-10-14-7-4-8-22-14/h1-3,5-6,12,14H,4,7-11H2,(H2,17,18,21)/t12-,14-/m0/s1. The molecule has 0 bridgehead atoms. The number of nitrogens with zero attached hydrogens (tertiary/aromatic N) is 1. The van der Waals surface area contributed by atoms with Gasteiger partial charge in [-0.25, -0.2) is 4.79 Å². The number of hydrogen-bond donors (Lipinski definition) is 2. The summed E-state index contributed by atoms with van der Waals surface area (Å²) in [5, 5.41) is 5.68. The lowest BCUT2D eigenvalue weighted by molar-refractivity contribution is -0.117. The number of para-hydroxylation sites is 1. The lowest BCUT2D eigenvalue weighted by Gasteiger charge is -2.18. The average molecular weight is 303 g/mol. The molecule has 0 unspecified atom stereocenters. The monoisotopic (exact) mass is 303 g/mol. The molecule has 0 spiro atoms. The molecule has 118 valence electrons. The van der Waals surface area contributed by atoms with Gasteiger partial charge in [0.2, 0.25) is 5.91 Å². The van der Waals surface area contributed by atoms with Crippen molar-refractivity contribution in [3.63, 3.8) is 0 Å². The average Bonchev–Trinajstić information content (AvgIpc) is 3.16. The first-order chi connectivity index (χ1) is 10.7. The molecule has 6 heteroatoms. The second-order valence-electron chi connectivity index (χ2n) is 5.73. The Morgan fingerprint density at radius 2 is 2.14 bits per heavy atom. The van der Waals surface area contributed by atoms with Gasteiger partial charge in [-0.05, 0) is 25.0 Å². The van der Waals surface area contributed by atoms with E-state index >= 15 is 0 Å². The van der Waals surface area contributed by atoms with Crippen molar-refractivity contribution in [1.29, 1.82) is 0 Å². The van der Waals surface area contributed by atoms with Gasteiger partial charge in [0.15, 0.2) is 0 Å². The molecule has 1 aromatic rings. The van der Waals surface area contributed by atoms with Crippen LogP contribution in [0.4, 0.5) is 10.5 Å². The third-order valence-corrected chi connectivity index (χ3v) is 4.04. The second kappa shape index (κ2) is 6.79. The number of anilines is 1. The van der Waals surface area contributed by atoms with Crippen LogP contribution in [0.25, 0.3) is 0 Å². The Balaban J connectivity index is 1.47. The van der Waals surface area contributed by atoms with Crippen LogP contribution in [0.1, 0.15) is 19.3 Å². The van der Waals surface area contributed by atoms with Crippen LogP contribution in [0.3, 0.4) is 0 Å². The minimum atomic E-state index is -0.233. The Hall–Kier alpha value is -2.08. The molecule has 2 N–H and O–H groups in total. The van der Waals surface area contributed by atoms with Crippen molar-refractivity contribution in [3.05, 3.63) is 30.3 Å². The van der Waals surface area contributed by atoms with Gasteiger partial charge >= 0.3 is 6.03 Å². The maximum atomic E-state index is 12.1. The molecule has 22 heavy (non-hydrogen) atoms.